The average Bonchev–Trinajstić information content (AvgIpc) is 2.13. The summed E-state index contributed by atoms with van der Waals surface area (Å²) < 4.78 is 59.8. The SMILES string of the molecule is CC(C)(C)c1cccc(S(=O)(=O)CC(F)(F)F)c1. The largest absolute Gasteiger partial charge is 0.403 e. The maximum atomic E-state index is 12.2. The van der Waals surface area contributed by atoms with Gasteiger partial charge in [0.05, 0.1) is 4.90 Å². The van der Waals surface area contributed by atoms with Crippen LogP contribution in [0.5, 0.6) is 0 Å². The highest BCUT2D eigenvalue weighted by atomic mass is 32.2. The molecule has 0 aliphatic rings. The number of hydrogen-bond acceptors (Lipinski definition) is 2. The zero-order valence-electron chi connectivity index (χ0n) is 10.4. The maximum absolute atomic E-state index is 12.2. The van der Waals surface area contributed by atoms with Crippen molar-refractivity contribution in [3.8, 4) is 0 Å². The minimum Gasteiger partial charge on any atom is -0.223 e. The smallest absolute Gasteiger partial charge is 0.223 e. The van der Waals surface area contributed by atoms with Crippen molar-refractivity contribution < 1.29 is 21.6 Å². The predicted octanol–water partition coefficient (Wildman–Crippen LogP) is 3.32. The van der Waals surface area contributed by atoms with Crippen molar-refractivity contribution in [1.29, 1.82) is 0 Å². The molecule has 0 bridgehead atoms. The number of rotatable bonds is 2. The van der Waals surface area contributed by atoms with Gasteiger partial charge in [0.25, 0.3) is 0 Å². The zero-order valence-corrected chi connectivity index (χ0v) is 11.2. The van der Waals surface area contributed by atoms with Crippen LogP contribution in [0.3, 0.4) is 0 Å². The van der Waals surface area contributed by atoms with Gasteiger partial charge in [-0.1, -0.05) is 32.9 Å². The predicted molar refractivity (Wildman–Crippen MR) is 63.2 cm³/mol. The summed E-state index contributed by atoms with van der Waals surface area (Å²) in [4.78, 5) is -0.285. The van der Waals surface area contributed by atoms with Crippen LogP contribution in [-0.2, 0) is 15.3 Å². The lowest BCUT2D eigenvalue weighted by Gasteiger charge is -2.19. The Morgan fingerprint density at radius 2 is 1.67 bits per heavy atom. The van der Waals surface area contributed by atoms with Crippen LogP contribution in [0, 0.1) is 0 Å². The molecule has 0 aliphatic carbocycles. The van der Waals surface area contributed by atoms with E-state index < -0.39 is 21.8 Å². The van der Waals surface area contributed by atoms with Gasteiger partial charge in [-0.2, -0.15) is 13.2 Å². The third kappa shape index (κ3) is 4.01. The Bertz CT molecular complexity index is 525. The van der Waals surface area contributed by atoms with Crippen molar-refractivity contribution in [1.82, 2.24) is 0 Å². The molecule has 0 atom stereocenters. The lowest BCUT2D eigenvalue weighted by atomic mass is 9.87. The van der Waals surface area contributed by atoms with E-state index in [1.807, 2.05) is 20.8 Å². The van der Waals surface area contributed by atoms with E-state index in [1.165, 1.54) is 18.2 Å². The molecule has 0 amide bonds. The fourth-order valence-electron chi connectivity index (χ4n) is 1.45. The quantitative estimate of drug-likeness (QED) is 0.832. The van der Waals surface area contributed by atoms with Crippen LogP contribution in [0.2, 0.25) is 0 Å². The molecule has 0 N–H and O–H groups in total. The van der Waals surface area contributed by atoms with Crippen molar-refractivity contribution >= 4 is 9.84 Å². The van der Waals surface area contributed by atoms with Gasteiger partial charge in [0, 0.05) is 0 Å². The summed E-state index contributed by atoms with van der Waals surface area (Å²) in [5.41, 5.74) is 0.370. The van der Waals surface area contributed by atoms with Gasteiger partial charge >= 0.3 is 6.18 Å². The van der Waals surface area contributed by atoms with Crippen molar-refractivity contribution in [2.24, 2.45) is 0 Å². The Morgan fingerprint density at radius 3 is 2.11 bits per heavy atom. The molecule has 18 heavy (non-hydrogen) atoms. The molecule has 0 heterocycles. The van der Waals surface area contributed by atoms with Crippen LogP contribution < -0.4 is 0 Å². The molecule has 0 spiro atoms. The van der Waals surface area contributed by atoms with Crippen LogP contribution in [0.1, 0.15) is 26.3 Å². The van der Waals surface area contributed by atoms with Crippen molar-refractivity contribution in [2.75, 3.05) is 5.75 Å². The lowest BCUT2D eigenvalue weighted by molar-refractivity contribution is -0.106. The number of sulfone groups is 1. The maximum Gasteiger partial charge on any atom is 0.403 e. The normalized spacial score (nSPS) is 13.7. The summed E-state index contributed by atoms with van der Waals surface area (Å²) in [5.74, 6) is -1.83. The lowest BCUT2D eigenvalue weighted by Crippen LogP contribution is -2.23. The molecule has 0 fully saturated rings. The first-order valence-electron chi connectivity index (χ1n) is 5.32. The summed E-state index contributed by atoms with van der Waals surface area (Å²) in [5, 5.41) is 0. The molecule has 0 radical (unpaired) electrons. The molecule has 2 nitrogen and oxygen atoms in total. The van der Waals surface area contributed by atoms with E-state index in [1.54, 1.807) is 6.07 Å². The van der Waals surface area contributed by atoms with Crippen molar-refractivity contribution in [3.05, 3.63) is 29.8 Å². The number of hydrogen-bond donors (Lipinski definition) is 0. The number of halogens is 3. The van der Waals surface area contributed by atoms with E-state index in [4.69, 9.17) is 0 Å². The van der Waals surface area contributed by atoms with Gasteiger partial charge in [-0.05, 0) is 23.1 Å². The standard InChI is InChI=1S/C12H15F3O2S/c1-11(2,3)9-5-4-6-10(7-9)18(16,17)8-12(13,14)15/h4-7H,8H2,1-3H3. The van der Waals surface area contributed by atoms with Gasteiger partial charge in [-0.3, -0.25) is 0 Å². The Kier molecular flexibility index (Phi) is 3.81. The Labute approximate surface area is 105 Å². The summed E-state index contributed by atoms with van der Waals surface area (Å²) in [7, 11) is -4.33. The van der Waals surface area contributed by atoms with Gasteiger partial charge < -0.3 is 0 Å². The first-order chi connectivity index (χ1) is 7.92. The summed E-state index contributed by atoms with van der Waals surface area (Å²) in [6.45, 7) is 5.59. The fraction of sp³-hybridized carbons (Fsp3) is 0.500. The second-order valence-electron chi connectivity index (χ2n) is 5.15. The van der Waals surface area contributed by atoms with Gasteiger partial charge in [-0.25, -0.2) is 8.42 Å². The third-order valence-corrected chi connectivity index (χ3v) is 4.09. The molecular weight excluding hydrogens is 265 g/mol. The molecule has 0 saturated carbocycles. The highest BCUT2D eigenvalue weighted by molar-refractivity contribution is 7.91. The molecule has 0 aromatic heterocycles. The topological polar surface area (TPSA) is 34.1 Å². The van der Waals surface area contributed by atoms with Crippen LogP contribution in [-0.4, -0.2) is 20.3 Å². The number of alkyl halides is 3. The van der Waals surface area contributed by atoms with Crippen molar-refractivity contribution in [2.45, 2.75) is 37.3 Å². The zero-order chi connectivity index (χ0) is 14.2. The highest BCUT2D eigenvalue weighted by Gasteiger charge is 2.36. The molecule has 102 valence electrons. The third-order valence-electron chi connectivity index (χ3n) is 2.41. The fourth-order valence-corrected chi connectivity index (χ4v) is 2.64. The molecule has 0 aliphatic heterocycles. The molecular formula is C12H15F3O2S. The van der Waals surface area contributed by atoms with E-state index in [0.29, 0.717) is 5.56 Å². The minimum absolute atomic E-state index is 0.285. The second-order valence-corrected chi connectivity index (χ2v) is 7.14. The van der Waals surface area contributed by atoms with Crippen LogP contribution in [0.15, 0.2) is 29.2 Å². The molecule has 0 unspecified atom stereocenters. The Hall–Kier alpha value is -1.04. The first kappa shape index (κ1) is 15.0. The average molecular weight is 280 g/mol. The molecule has 1 aromatic rings. The van der Waals surface area contributed by atoms with E-state index in [0.717, 1.165) is 0 Å². The molecule has 1 rings (SSSR count). The van der Waals surface area contributed by atoms with Gasteiger partial charge in [0.15, 0.2) is 15.6 Å². The van der Waals surface area contributed by atoms with E-state index in [2.05, 4.69) is 0 Å². The summed E-state index contributed by atoms with van der Waals surface area (Å²) >= 11 is 0. The molecule has 6 heteroatoms. The van der Waals surface area contributed by atoms with Gasteiger partial charge in [-0.15, -0.1) is 0 Å². The second kappa shape index (κ2) is 4.57. The minimum atomic E-state index is -4.73. The van der Waals surface area contributed by atoms with Gasteiger partial charge in [0.2, 0.25) is 0 Å². The van der Waals surface area contributed by atoms with Crippen LogP contribution >= 0.6 is 0 Å². The van der Waals surface area contributed by atoms with E-state index >= 15 is 0 Å². The highest BCUT2D eigenvalue weighted by Crippen LogP contribution is 2.27. The van der Waals surface area contributed by atoms with Gasteiger partial charge in [0.1, 0.15) is 0 Å². The summed E-state index contributed by atoms with van der Waals surface area (Å²) in [6.07, 6.45) is -4.73. The van der Waals surface area contributed by atoms with Crippen LogP contribution in [0.25, 0.3) is 0 Å². The molecule has 0 saturated heterocycles. The Morgan fingerprint density at radius 1 is 1.11 bits per heavy atom. The molecule has 1 aromatic carbocycles. The number of benzene rings is 1. The monoisotopic (exact) mass is 280 g/mol. The first-order valence-corrected chi connectivity index (χ1v) is 6.97. The van der Waals surface area contributed by atoms with E-state index in [9.17, 15) is 21.6 Å². The summed E-state index contributed by atoms with van der Waals surface area (Å²) in [6, 6.07) is 5.66. The van der Waals surface area contributed by atoms with E-state index in [-0.39, 0.29) is 10.3 Å². The Balaban J connectivity index is 3.19. The van der Waals surface area contributed by atoms with Crippen molar-refractivity contribution in [3.63, 3.8) is 0 Å². The van der Waals surface area contributed by atoms with Crippen LogP contribution in [0.4, 0.5) is 13.2 Å².